The first-order valence-corrected chi connectivity index (χ1v) is 4.61. The number of aliphatic hydroxyl groups excluding tert-OH is 1. The summed E-state index contributed by atoms with van der Waals surface area (Å²) in [5.41, 5.74) is -0.166. The number of fused-ring (bicyclic) bond motifs is 1. The average Bonchev–Trinajstić information content (AvgIpc) is 2.32. The molecule has 0 aromatic heterocycles. The highest BCUT2D eigenvalue weighted by atomic mass is 32.2. The third-order valence-electron chi connectivity index (χ3n) is 1.93. The van der Waals surface area contributed by atoms with Crippen LogP contribution in [0.5, 0.6) is 0 Å². The van der Waals surface area contributed by atoms with Crippen molar-refractivity contribution in [2.45, 2.75) is 19.4 Å². The molecule has 0 bridgehead atoms. The topological polar surface area (TPSA) is 35.8 Å². The molecule has 0 radical (unpaired) electrons. The zero-order valence-electron chi connectivity index (χ0n) is 6.98. The quantitative estimate of drug-likeness (QED) is 0.623. The van der Waals surface area contributed by atoms with Crippen LogP contribution in [0.15, 0.2) is 28.6 Å². The van der Waals surface area contributed by atoms with Crippen molar-refractivity contribution < 1.29 is 5.11 Å². The molecule has 0 saturated heterocycles. The zero-order chi connectivity index (χ0) is 8.77. The second-order valence-corrected chi connectivity index (χ2v) is 4.15. The maximum absolute atomic E-state index is 9.51. The highest BCUT2D eigenvalue weighted by Gasteiger charge is 2.35. The van der Waals surface area contributed by atoms with Crippen LogP contribution in [0, 0.1) is 0 Å². The lowest BCUT2D eigenvalue weighted by molar-refractivity contribution is 0.208. The first-order valence-electron chi connectivity index (χ1n) is 3.73. The van der Waals surface area contributed by atoms with Gasteiger partial charge in [-0.25, -0.2) is 4.99 Å². The number of aliphatic imine (C=N–C) groups is 1. The van der Waals surface area contributed by atoms with Gasteiger partial charge in [-0.2, -0.15) is 0 Å². The van der Waals surface area contributed by atoms with E-state index in [0.29, 0.717) is 0 Å². The fourth-order valence-electron chi connectivity index (χ4n) is 1.30. The van der Waals surface area contributed by atoms with Gasteiger partial charge in [0.05, 0.1) is 5.54 Å². The second-order valence-electron chi connectivity index (χ2n) is 3.31. The molecule has 1 N–H and O–H groups in total. The van der Waals surface area contributed by atoms with Crippen molar-refractivity contribution in [2.24, 2.45) is 4.99 Å². The van der Waals surface area contributed by atoms with E-state index in [1.54, 1.807) is 11.6 Å². The van der Waals surface area contributed by atoms with Crippen LogP contribution in [0.3, 0.4) is 0 Å². The molecule has 0 saturated carbocycles. The Balaban J connectivity index is 2.42. The van der Waals surface area contributed by atoms with Gasteiger partial charge < -0.3 is 5.11 Å². The van der Waals surface area contributed by atoms with E-state index in [2.05, 4.69) is 4.99 Å². The lowest BCUT2D eigenvalue weighted by Crippen LogP contribution is -2.43. The van der Waals surface area contributed by atoms with E-state index in [0.717, 1.165) is 5.17 Å². The third kappa shape index (κ3) is 0.948. The SMILES string of the molecule is CC1(C)C=CN=C2SC=C(O)N21. The van der Waals surface area contributed by atoms with Crippen LogP contribution in [0.2, 0.25) is 0 Å². The lowest BCUT2D eigenvalue weighted by atomic mass is 10.0. The minimum Gasteiger partial charge on any atom is -0.494 e. The van der Waals surface area contributed by atoms with Gasteiger partial charge in [-0.3, -0.25) is 4.90 Å². The first kappa shape index (κ1) is 7.73. The number of hydrogen-bond donors (Lipinski definition) is 1. The van der Waals surface area contributed by atoms with E-state index >= 15 is 0 Å². The molecule has 0 aromatic carbocycles. The Morgan fingerprint density at radius 2 is 2.33 bits per heavy atom. The monoisotopic (exact) mass is 182 g/mol. The molecule has 2 aliphatic heterocycles. The van der Waals surface area contributed by atoms with Gasteiger partial charge in [-0.05, 0) is 19.9 Å². The second kappa shape index (κ2) is 2.29. The van der Waals surface area contributed by atoms with Gasteiger partial charge in [-0.15, -0.1) is 0 Å². The summed E-state index contributed by atoms with van der Waals surface area (Å²) in [4.78, 5) is 5.97. The molecule has 2 aliphatic rings. The molecular formula is C8H10N2OS. The van der Waals surface area contributed by atoms with Crippen LogP contribution >= 0.6 is 11.8 Å². The predicted molar refractivity (Wildman–Crippen MR) is 50.8 cm³/mol. The molecule has 0 aliphatic carbocycles. The first-order chi connectivity index (χ1) is 5.61. The Labute approximate surface area is 75.5 Å². The van der Waals surface area contributed by atoms with Gasteiger partial charge in [-0.1, -0.05) is 11.8 Å². The number of aliphatic hydroxyl groups is 1. The standard InChI is InChI=1S/C8H10N2OS/c1-8(2)3-4-9-7-10(8)6(11)5-12-7/h3-5,11H,1-2H3. The van der Waals surface area contributed by atoms with E-state index in [4.69, 9.17) is 0 Å². The Morgan fingerprint density at radius 3 is 3.00 bits per heavy atom. The molecule has 0 amide bonds. The van der Waals surface area contributed by atoms with Crippen LogP contribution < -0.4 is 0 Å². The molecule has 2 heterocycles. The normalized spacial score (nSPS) is 25.0. The summed E-state index contributed by atoms with van der Waals surface area (Å²) >= 11 is 1.45. The summed E-state index contributed by atoms with van der Waals surface area (Å²) in [6, 6.07) is 0. The summed E-state index contributed by atoms with van der Waals surface area (Å²) in [5, 5.41) is 12.1. The fourth-order valence-corrected chi connectivity index (χ4v) is 2.17. The molecule has 3 nitrogen and oxygen atoms in total. The zero-order valence-corrected chi connectivity index (χ0v) is 7.80. The smallest absolute Gasteiger partial charge is 0.200 e. The van der Waals surface area contributed by atoms with Crippen molar-refractivity contribution in [3.8, 4) is 0 Å². The molecule has 12 heavy (non-hydrogen) atoms. The Morgan fingerprint density at radius 1 is 1.58 bits per heavy atom. The van der Waals surface area contributed by atoms with E-state index in [-0.39, 0.29) is 11.4 Å². The Kier molecular flexibility index (Phi) is 1.48. The number of nitrogens with zero attached hydrogens (tertiary/aromatic N) is 2. The molecule has 0 aromatic rings. The molecule has 4 heteroatoms. The van der Waals surface area contributed by atoms with Gasteiger partial charge in [0.15, 0.2) is 5.17 Å². The summed E-state index contributed by atoms with van der Waals surface area (Å²) < 4.78 is 0. The maximum Gasteiger partial charge on any atom is 0.200 e. The predicted octanol–water partition coefficient (Wildman–Crippen LogP) is 2.05. The summed E-state index contributed by atoms with van der Waals surface area (Å²) in [7, 11) is 0. The van der Waals surface area contributed by atoms with Crippen LogP contribution in [0.4, 0.5) is 0 Å². The van der Waals surface area contributed by atoms with Gasteiger partial charge in [0.2, 0.25) is 5.88 Å². The van der Waals surface area contributed by atoms with Gasteiger partial charge in [0, 0.05) is 11.6 Å². The van der Waals surface area contributed by atoms with Crippen molar-refractivity contribution in [2.75, 3.05) is 0 Å². The summed E-state index contributed by atoms with van der Waals surface area (Å²) in [6.07, 6.45) is 3.75. The van der Waals surface area contributed by atoms with Crippen molar-refractivity contribution in [1.29, 1.82) is 0 Å². The number of thioether (sulfide) groups is 1. The van der Waals surface area contributed by atoms with Crippen molar-refractivity contribution in [3.05, 3.63) is 23.6 Å². The Bertz CT molecular complexity index is 304. The molecule has 64 valence electrons. The molecule has 0 spiro atoms. The van der Waals surface area contributed by atoms with E-state index < -0.39 is 0 Å². The Hall–Kier alpha value is -0.900. The van der Waals surface area contributed by atoms with Crippen LogP contribution in [0.25, 0.3) is 0 Å². The molecular weight excluding hydrogens is 172 g/mol. The van der Waals surface area contributed by atoms with Gasteiger partial charge in [0.25, 0.3) is 0 Å². The number of amidine groups is 1. The van der Waals surface area contributed by atoms with Crippen LogP contribution in [-0.4, -0.2) is 20.7 Å². The minimum atomic E-state index is -0.166. The fraction of sp³-hybridized carbons (Fsp3) is 0.375. The minimum absolute atomic E-state index is 0.166. The van der Waals surface area contributed by atoms with Crippen LogP contribution in [-0.2, 0) is 0 Å². The number of rotatable bonds is 0. The van der Waals surface area contributed by atoms with Gasteiger partial charge in [0.1, 0.15) is 0 Å². The lowest BCUT2D eigenvalue weighted by Gasteiger charge is -2.35. The van der Waals surface area contributed by atoms with E-state index in [1.807, 2.05) is 24.8 Å². The maximum atomic E-state index is 9.51. The third-order valence-corrected chi connectivity index (χ3v) is 2.76. The van der Waals surface area contributed by atoms with E-state index in [1.165, 1.54) is 11.8 Å². The molecule has 0 fully saturated rings. The molecule has 0 atom stereocenters. The van der Waals surface area contributed by atoms with E-state index in [9.17, 15) is 5.11 Å². The van der Waals surface area contributed by atoms with Crippen molar-refractivity contribution in [1.82, 2.24) is 4.90 Å². The van der Waals surface area contributed by atoms with Crippen molar-refractivity contribution in [3.63, 3.8) is 0 Å². The average molecular weight is 182 g/mol. The van der Waals surface area contributed by atoms with Gasteiger partial charge >= 0.3 is 0 Å². The largest absolute Gasteiger partial charge is 0.494 e. The summed E-state index contributed by atoms with van der Waals surface area (Å²) in [6.45, 7) is 4.07. The molecule has 2 rings (SSSR count). The highest BCUT2D eigenvalue weighted by Crippen LogP contribution is 2.34. The van der Waals surface area contributed by atoms with Crippen LogP contribution in [0.1, 0.15) is 13.8 Å². The summed E-state index contributed by atoms with van der Waals surface area (Å²) in [5.74, 6) is 0.285. The van der Waals surface area contributed by atoms with Crippen molar-refractivity contribution >= 4 is 16.9 Å². The highest BCUT2D eigenvalue weighted by molar-refractivity contribution is 8.16. The number of hydrogen-bond acceptors (Lipinski definition) is 4. The molecule has 0 unspecified atom stereocenters.